The van der Waals surface area contributed by atoms with Gasteiger partial charge < -0.3 is 4.74 Å². The molecule has 2 nitrogen and oxygen atoms in total. The number of halogens is 1. The third kappa shape index (κ3) is 1.99. The van der Waals surface area contributed by atoms with E-state index in [1.807, 2.05) is 6.07 Å². The molecule has 0 saturated carbocycles. The Hall–Kier alpha value is -2.16. The van der Waals surface area contributed by atoms with Gasteiger partial charge in [-0.2, -0.15) is 0 Å². The number of benzene rings is 2. The van der Waals surface area contributed by atoms with Crippen LogP contribution in [0.5, 0.6) is 5.75 Å². The van der Waals surface area contributed by atoms with Gasteiger partial charge in [-0.3, -0.25) is 4.79 Å². The largest absolute Gasteiger partial charge is 0.492 e. The number of rotatable bonds is 2. The molecule has 0 fully saturated rings. The van der Waals surface area contributed by atoms with E-state index in [1.165, 1.54) is 12.1 Å². The fraction of sp³-hybridized carbons (Fsp3) is 0.235. The van der Waals surface area contributed by atoms with Crippen molar-refractivity contribution < 1.29 is 13.9 Å². The minimum absolute atomic E-state index is 0.101. The van der Waals surface area contributed by atoms with Gasteiger partial charge in [0.2, 0.25) is 0 Å². The van der Waals surface area contributed by atoms with E-state index in [0.717, 1.165) is 11.3 Å². The number of carbonyl (C=O) groups excluding carboxylic acids is 1. The highest BCUT2D eigenvalue weighted by Crippen LogP contribution is 2.39. The predicted molar refractivity (Wildman–Crippen MR) is 74.8 cm³/mol. The molecule has 20 heavy (non-hydrogen) atoms. The zero-order valence-corrected chi connectivity index (χ0v) is 11.4. The van der Waals surface area contributed by atoms with Crippen LogP contribution in [-0.2, 0) is 5.41 Å². The van der Waals surface area contributed by atoms with Crippen molar-refractivity contribution in [2.45, 2.75) is 19.3 Å². The minimum Gasteiger partial charge on any atom is -0.492 e. The molecule has 1 heterocycles. The smallest absolute Gasteiger partial charge is 0.195 e. The van der Waals surface area contributed by atoms with Crippen molar-refractivity contribution in [2.75, 3.05) is 6.61 Å². The quantitative estimate of drug-likeness (QED) is 0.777. The van der Waals surface area contributed by atoms with Gasteiger partial charge in [-0.1, -0.05) is 26.0 Å². The molecule has 3 rings (SSSR count). The average Bonchev–Trinajstić information content (AvgIpc) is 2.74. The van der Waals surface area contributed by atoms with E-state index >= 15 is 0 Å². The molecule has 0 saturated heterocycles. The second-order valence-electron chi connectivity index (χ2n) is 5.69. The lowest BCUT2D eigenvalue weighted by molar-refractivity contribution is 0.103. The van der Waals surface area contributed by atoms with Gasteiger partial charge >= 0.3 is 0 Å². The lowest BCUT2D eigenvalue weighted by Crippen LogP contribution is -2.18. The van der Waals surface area contributed by atoms with Gasteiger partial charge in [0, 0.05) is 16.5 Å². The summed E-state index contributed by atoms with van der Waals surface area (Å²) in [7, 11) is 0. The molecule has 0 aromatic heterocycles. The van der Waals surface area contributed by atoms with Crippen molar-refractivity contribution in [2.24, 2.45) is 0 Å². The van der Waals surface area contributed by atoms with Gasteiger partial charge in [-0.25, -0.2) is 4.39 Å². The molecule has 1 aliphatic rings. The maximum atomic E-state index is 13.7. The summed E-state index contributed by atoms with van der Waals surface area (Å²) in [5, 5.41) is 0. The van der Waals surface area contributed by atoms with Crippen molar-refractivity contribution in [3.05, 3.63) is 65.0 Å². The van der Waals surface area contributed by atoms with Crippen molar-refractivity contribution in [1.82, 2.24) is 0 Å². The maximum absolute atomic E-state index is 13.7. The van der Waals surface area contributed by atoms with E-state index in [9.17, 15) is 9.18 Å². The predicted octanol–water partition coefficient (Wildman–Crippen LogP) is 3.73. The Kier molecular flexibility index (Phi) is 2.85. The number of ketones is 1. The second-order valence-corrected chi connectivity index (χ2v) is 5.69. The lowest BCUT2D eigenvalue weighted by Gasteiger charge is -2.15. The highest BCUT2D eigenvalue weighted by atomic mass is 19.1. The Labute approximate surface area is 117 Å². The molecule has 102 valence electrons. The standard InChI is InChI=1S/C17H15FO2/c1-17(2)10-20-15-8-7-11(9-13(15)17)16(19)12-5-3-4-6-14(12)18/h3-9H,10H2,1-2H3. The first-order chi connectivity index (χ1) is 9.49. The first-order valence-electron chi connectivity index (χ1n) is 6.55. The van der Waals surface area contributed by atoms with E-state index < -0.39 is 5.82 Å². The van der Waals surface area contributed by atoms with Crippen molar-refractivity contribution >= 4 is 5.78 Å². The van der Waals surface area contributed by atoms with Gasteiger partial charge in [-0.15, -0.1) is 0 Å². The zero-order valence-electron chi connectivity index (χ0n) is 11.4. The molecule has 2 aromatic carbocycles. The first kappa shape index (κ1) is 12.9. The SMILES string of the molecule is CC1(C)COc2ccc(C(=O)c3ccccc3F)cc21. The van der Waals surface area contributed by atoms with Crippen LogP contribution >= 0.6 is 0 Å². The fourth-order valence-electron chi connectivity index (χ4n) is 2.46. The molecule has 0 unspecified atom stereocenters. The summed E-state index contributed by atoms with van der Waals surface area (Å²) in [6, 6.07) is 11.3. The number of hydrogen-bond acceptors (Lipinski definition) is 2. The van der Waals surface area contributed by atoms with Crippen molar-refractivity contribution in [3.63, 3.8) is 0 Å². The molecule has 0 radical (unpaired) electrons. The molecule has 3 heteroatoms. The van der Waals surface area contributed by atoms with E-state index in [-0.39, 0.29) is 16.8 Å². The van der Waals surface area contributed by atoms with E-state index in [0.29, 0.717) is 12.2 Å². The lowest BCUT2D eigenvalue weighted by atomic mass is 9.85. The van der Waals surface area contributed by atoms with Crippen LogP contribution < -0.4 is 4.74 Å². The second kappa shape index (κ2) is 4.44. The summed E-state index contributed by atoms with van der Waals surface area (Å²) in [5.74, 6) is 0.0159. The zero-order chi connectivity index (χ0) is 14.3. The molecule has 1 aliphatic heterocycles. The summed E-state index contributed by atoms with van der Waals surface area (Å²) < 4.78 is 19.3. The van der Waals surface area contributed by atoms with Gasteiger partial charge in [0.1, 0.15) is 11.6 Å². The summed E-state index contributed by atoms with van der Waals surface area (Å²) in [6.45, 7) is 4.73. The van der Waals surface area contributed by atoms with E-state index in [4.69, 9.17) is 4.74 Å². The fourth-order valence-corrected chi connectivity index (χ4v) is 2.46. The van der Waals surface area contributed by atoms with Crippen LogP contribution in [0.25, 0.3) is 0 Å². The van der Waals surface area contributed by atoms with Crippen molar-refractivity contribution in [3.8, 4) is 5.75 Å². The Balaban J connectivity index is 2.05. The highest BCUT2D eigenvalue weighted by molar-refractivity contribution is 6.09. The third-order valence-corrected chi connectivity index (χ3v) is 3.68. The van der Waals surface area contributed by atoms with Crippen LogP contribution in [0.15, 0.2) is 42.5 Å². The van der Waals surface area contributed by atoms with Crippen LogP contribution in [0.4, 0.5) is 4.39 Å². The number of ether oxygens (including phenoxy) is 1. The monoisotopic (exact) mass is 270 g/mol. The van der Waals surface area contributed by atoms with Crippen LogP contribution in [0.1, 0.15) is 35.3 Å². The molecular weight excluding hydrogens is 255 g/mol. The third-order valence-electron chi connectivity index (χ3n) is 3.68. The van der Waals surface area contributed by atoms with Gasteiger partial charge in [0.25, 0.3) is 0 Å². The number of fused-ring (bicyclic) bond motifs is 1. The minimum atomic E-state index is -0.492. The van der Waals surface area contributed by atoms with Gasteiger partial charge in [-0.05, 0) is 30.3 Å². The van der Waals surface area contributed by atoms with Crippen LogP contribution in [0.3, 0.4) is 0 Å². The molecule has 0 spiro atoms. The van der Waals surface area contributed by atoms with Gasteiger partial charge in [0.15, 0.2) is 5.78 Å². The first-order valence-corrected chi connectivity index (χ1v) is 6.55. The Morgan fingerprint density at radius 1 is 1.20 bits per heavy atom. The molecule has 0 amide bonds. The van der Waals surface area contributed by atoms with E-state index in [1.54, 1.807) is 24.3 Å². The molecule has 0 bridgehead atoms. The topological polar surface area (TPSA) is 26.3 Å². The Morgan fingerprint density at radius 2 is 1.95 bits per heavy atom. The summed E-state index contributed by atoms with van der Waals surface area (Å²) >= 11 is 0. The summed E-state index contributed by atoms with van der Waals surface area (Å²) in [5.41, 5.74) is 1.47. The van der Waals surface area contributed by atoms with Crippen LogP contribution in [0.2, 0.25) is 0 Å². The Bertz CT molecular complexity index is 689. The molecule has 0 N–H and O–H groups in total. The molecule has 0 aliphatic carbocycles. The number of carbonyl (C=O) groups is 1. The maximum Gasteiger partial charge on any atom is 0.195 e. The molecule has 0 atom stereocenters. The van der Waals surface area contributed by atoms with Gasteiger partial charge in [0.05, 0.1) is 12.2 Å². The molecular formula is C17H15FO2. The van der Waals surface area contributed by atoms with Crippen LogP contribution in [0, 0.1) is 5.82 Å². The summed E-state index contributed by atoms with van der Waals surface area (Å²) in [6.07, 6.45) is 0. The summed E-state index contributed by atoms with van der Waals surface area (Å²) in [4.78, 5) is 12.4. The van der Waals surface area contributed by atoms with Crippen molar-refractivity contribution in [1.29, 1.82) is 0 Å². The number of hydrogen-bond donors (Lipinski definition) is 0. The Morgan fingerprint density at radius 3 is 2.70 bits per heavy atom. The highest BCUT2D eigenvalue weighted by Gasteiger charge is 2.32. The van der Waals surface area contributed by atoms with Crippen LogP contribution in [-0.4, -0.2) is 12.4 Å². The molecule has 2 aromatic rings. The average molecular weight is 270 g/mol. The normalized spacial score (nSPS) is 15.6. The van der Waals surface area contributed by atoms with E-state index in [2.05, 4.69) is 13.8 Å².